The third-order valence-electron chi connectivity index (χ3n) is 3.31. The zero-order valence-electron chi connectivity index (χ0n) is 12.0. The Hall–Kier alpha value is -3.01. The molecular weight excluding hydrogens is 352 g/mol. The standard InChI is InChI=1S/C14H9ClN6O2S/c15-9-1-2-10-11(5-9)18-8-14(10)24(22,23)20-12-7-19-21(4-3-16)13(12)6-17/h1-2,5,7-8,18,20H,4H2. The number of nitrogens with one attached hydrogen (secondary N) is 2. The Morgan fingerprint density at radius 2 is 2.17 bits per heavy atom. The lowest BCUT2D eigenvalue weighted by Gasteiger charge is -2.06. The number of benzene rings is 1. The molecule has 0 saturated heterocycles. The number of fused-ring (bicyclic) bond motifs is 1. The molecule has 0 aliphatic rings. The number of nitrogens with zero attached hydrogens (tertiary/aromatic N) is 4. The first kappa shape index (κ1) is 15.9. The molecule has 10 heteroatoms. The van der Waals surface area contributed by atoms with Crippen LogP contribution in [0.15, 0.2) is 35.5 Å². The van der Waals surface area contributed by atoms with E-state index in [1.54, 1.807) is 18.2 Å². The molecule has 0 bridgehead atoms. The maximum Gasteiger partial charge on any atom is 0.264 e. The van der Waals surface area contributed by atoms with Crippen molar-refractivity contribution in [3.63, 3.8) is 0 Å². The molecule has 120 valence electrons. The Labute approximate surface area is 141 Å². The van der Waals surface area contributed by atoms with Gasteiger partial charge in [0.15, 0.2) is 5.69 Å². The van der Waals surface area contributed by atoms with E-state index in [-0.39, 0.29) is 22.8 Å². The molecule has 0 fully saturated rings. The van der Waals surface area contributed by atoms with E-state index in [1.807, 2.05) is 12.1 Å². The summed E-state index contributed by atoms with van der Waals surface area (Å²) >= 11 is 5.89. The van der Waals surface area contributed by atoms with Crippen molar-refractivity contribution in [1.29, 1.82) is 10.5 Å². The number of sulfonamides is 1. The van der Waals surface area contributed by atoms with Crippen molar-refractivity contribution >= 4 is 38.2 Å². The van der Waals surface area contributed by atoms with Gasteiger partial charge in [-0.25, -0.2) is 13.1 Å². The van der Waals surface area contributed by atoms with Gasteiger partial charge in [-0.3, -0.25) is 4.72 Å². The Morgan fingerprint density at radius 3 is 2.88 bits per heavy atom. The molecule has 3 rings (SSSR count). The van der Waals surface area contributed by atoms with Crippen molar-refractivity contribution in [2.24, 2.45) is 0 Å². The van der Waals surface area contributed by atoms with Gasteiger partial charge in [-0.2, -0.15) is 15.6 Å². The number of anilines is 1. The quantitative estimate of drug-likeness (QED) is 0.737. The van der Waals surface area contributed by atoms with Crippen LogP contribution in [0.25, 0.3) is 10.9 Å². The maximum atomic E-state index is 12.6. The summed E-state index contributed by atoms with van der Waals surface area (Å²) in [6.07, 6.45) is 2.54. The molecule has 0 unspecified atom stereocenters. The predicted octanol–water partition coefficient (Wildman–Crippen LogP) is 2.21. The van der Waals surface area contributed by atoms with Crippen LogP contribution in [-0.4, -0.2) is 23.2 Å². The molecule has 0 spiro atoms. The summed E-state index contributed by atoms with van der Waals surface area (Å²) in [5, 5.41) is 22.6. The van der Waals surface area contributed by atoms with Crippen molar-refractivity contribution in [1.82, 2.24) is 14.8 Å². The van der Waals surface area contributed by atoms with E-state index >= 15 is 0 Å². The summed E-state index contributed by atoms with van der Waals surface area (Å²) < 4.78 is 28.7. The predicted molar refractivity (Wildman–Crippen MR) is 86.7 cm³/mol. The molecule has 0 radical (unpaired) electrons. The van der Waals surface area contributed by atoms with Crippen LogP contribution in [0.5, 0.6) is 0 Å². The third kappa shape index (κ3) is 2.67. The summed E-state index contributed by atoms with van der Waals surface area (Å²) in [4.78, 5) is 2.86. The Morgan fingerprint density at radius 1 is 1.38 bits per heavy atom. The molecular formula is C14H9ClN6O2S. The summed E-state index contributed by atoms with van der Waals surface area (Å²) in [5.41, 5.74) is 0.544. The Bertz CT molecular complexity index is 1120. The zero-order chi connectivity index (χ0) is 17.3. The summed E-state index contributed by atoms with van der Waals surface area (Å²) in [7, 11) is -3.96. The number of nitriles is 2. The number of rotatable bonds is 4. The van der Waals surface area contributed by atoms with Gasteiger partial charge in [0, 0.05) is 22.1 Å². The molecule has 0 atom stereocenters. The van der Waals surface area contributed by atoms with Gasteiger partial charge >= 0.3 is 0 Å². The highest BCUT2D eigenvalue weighted by molar-refractivity contribution is 7.93. The van der Waals surface area contributed by atoms with Crippen molar-refractivity contribution < 1.29 is 8.42 Å². The fourth-order valence-electron chi connectivity index (χ4n) is 2.26. The normalized spacial score (nSPS) is 11.1. The van der Waals surface area contributed by atoms with Crippen LogP contribution >= 0.6 is 11.6 Å². The minimum Gasteiger partial charge on any atom is -0.360 e. The molecule has 24 heavy (non-hydrogen) atoms. The molecule has 1 aromatic carbocycles. The molecule has 2 heterocycles. The number of hydrogen-bond acceptors (Lipinski definition) is 5. The largest absolute Gasteiger partial charge is 0.360 e. The molecule has 0 aliphatic carbocycles. The molecule has 8 nitrogen and oxygen atoms in total. The molecule has 0 saturated carbocycles. The van der Waals surface area contributed by atoms with E-state index in [0.29, 0.717) is 15.9 Å². The highest BCUT2D eigenvalue weighted by Crippen LogP contribution is 2.27. The van der Waals surface area contributed by atoms with Crippen LogP contribution in [0.4, 0.5) is 5.69 Å². The van der Waals surface area contributed by atoms with Crippen LogP contribution in [0.2, 0.25) is 5.02 Å². The number of H-pyrrole nitrogens is 1. The first-order valence-electron chi connectivity index (χ1n) is 6.58. The van der Waals surface area contributed by atoms with Crippen LogP contribution < -0.4 is 4.72 Å². The van der Waals surface area contributed by atoms with Crippen molar-refractivity contribution in [2.75, 3.05) is 4.72 Å². The average molecular weight is 361 g/mol. The van der Waals surface area contributed by atoms with Crippen LogP contribution in [0, 0.1) is 22.7 Å². The first-order valence-corrected chi connectivity index (χ1v) is 8.44. The monoisotopic (exact) mass is 360 g/mol. The number of aromatic amines is 1. The third-order valence-corrected chi connectivity index (χ3v) is 4.95. The number of hydrogen-bond donors (Lipinski definition) is 2. The first-order chi connectivity index (χ1) is 11.5. The van der Waals surface area contributed by atoms with Crippen LogP contribution in [-0.2, 0) is 16.6 Å². The van der Waals surface area contributed by atoms with E-state index in [2.05, 4.69) is 14.8 Å². The second-order valence-electron chi connectivity index (χ2n) is 4.78. The molecule has 3 aromatic rings. The smallest absolute Gasteiger partial charge is 0.264 e. The second-order valence-corrected chi connectivity index (χ2v) is 6.87. The van der Waals surface area contributed by atoms with Gasteiger partial charge in [0.25, 0.3) is 10.0 Å². The van der Waals surface area contributed by atoms with Crippen molar-refractivity contribution in [3.8, 4) is 12.1 Å². The van der Waals surface area contributed by atoms with Crippen LogP contribution in [0.1, 0.15) is 5.69 Å². The molecule has 2 aromatic heterocycles. The van der Waals surface area contributed by atoms with Gasteiger partial charge in [0.1, 0.15) is 23.2 Å². The van der Waals surface area contributed by atoms with Gasteiger partial charge in [-0.1, -0.05) is 11.6 Å². The summed E-state index contributed by atoms with van der Waals surface area (Å²) in [5.74, 6) is 0. The van der Waals surface area contributed by atoms with E-state index in [0.717, 1.165) is 4.68 Å². The fraction of sp³-hybridized carbons (Fsp3) is 0.0714. The second kappa shape index (κ2) is 5.89. The minimum atomic E-state index is -3.96. The van der Waals surface area contributed by atoms with Gasteiger partial charge in [0.2, 0.25) is 0 Å². The average Bonchev–Trinajstić information content (AvgIpc) is 3.11. The van der Waals surface area contributed by atoms with Crippen molar-refractivity contribution in [3.05, 3.63) is 41.3 Å². The van der Waals surface area contributed by atoms with E-state index in [1.165, 1.54) is 12.4 Å². The lowest BCUT2D eigenvalue weighted by molar-refractivity contribution is 0.602. The Balaban J connectivity index is 2.03. The van der Waals surface area contributed by atoms with E-state index in [9.17, 15) is 8.42 Å². The molecule has 2 N–H and O–H groups in total. The van der Waals surface area contributed by atoms with Gasteiger partial charge < -0.3 is 4.98 Å². The number of halogens is 1. The minimum absolute atomic E-state index is 0.0102. The molecule has 0 aliphatic heterocycles. The fourth-order valence-corrected chi connectivity index (χ4v) is 3.66. The Kier molecular flexibility index (Phi) is 3.89. The maximum absolute atomic E-state index is 12.6. The lowest BCUT2D eigenvalue weighted by Crippen LogP contribution is -2.13. The van der Waals surface area contributed by atoms with Crippen LogP contribution in [0.3, 0.4) is 0 Å². The van der Waals surface area contributed by atoms with Gasteiger partial charge in [-0.15, -0.1) is 0 Å². The molecule has 0 amide bonds. The number of aromatic nitrogens is 3. The van der Waals surface area contributed by atoms with Crippen molar-refractivity contribution in [2.45, 2.75) is 11.4 Å². The summed E-state index contributed by atoms with van der Waals surface area (Å²) in [6, 6.07) is 8.47. The highest BCUT2D eigenvalue weighted by Gasteiger charge is 2.22. The van der Waals surface area contributed by atoms with E-state index < -0.39 is 10.0 Å². The topological polar surface area (TPSA) is 127 Å². The highest BCUT2D eigenvalue weighted by atomic mass is 35.5. The van der Waals surface area contributed by atoms with Gasteiger partial charge in [0.05, 0.1) is 12.3 Å². The van der Waals surface area contributed by atoms with E-state index in [4.69, 9.17) is 22.1 Å². The lowest BCUT2D eigenvalue weighted by atomic mass is 10.2. The zero-order valence-corrected chi connectivity index (χ0v) is 13.6. The SMILES string of the molecule is N#CCn1ncc(NS(=O)(=O)c2c[nH]c3cc(Cl)ccc23)c1C#N. The summed E-state index contributed by atoms with van der Waals surface area (Å²) in [6.45, 7) is -0.157. The van der Waals surface area contributed by atoms with Gasteiger partial charge in [-0.05, 0) is 18.2 Å².